The summed E-state index contributed by atoms with van der Waals surface area (Å²) in [5.41, 5.74) is 6.07. The number of halogens is 2. The van der Waals surface area contributed by atoms with Crippen LogP contribution in [0.4, 0.5) is 23.0 Å². The van der Waals surface area contributed by atoms with Gasteiger partial charge in [0.1, 0.15) is 6.33 Å². The normalized spacial score (nSPS) is 10.3. The summed E-state index contributed by atoms with van der Waals surface area (Å²) in [6, 6.07) is 11.2. The molecule has 0 aliphatic carbocycles. The summed E-state index contributed by atoms with van der Waals surface area (Å²) in [4.78, 5) is 30.9. The third kappa shape index (κ3) is 4.89. The Balaban J connectivity index is 1.82. The summed E-state index contributed by atoms with van der Waals surface area (Å²) in [6.07, 6.45) is 1.13. The SMILES string of the molecule is Cc1ccc(Nc2ncnc(NNC(=O)c3ccc(Cl)cc3)c2[N+](=O)[O-])cc1Cl. The molecule has 0 aliphatic rings. The minimum atomic E-state index is -0.658. The highest BCUT2D eigenvalue weighted by Gasteiger charge is 2.24. The molecule has 0 radical (unpaired) electrons. The van der Waals surface area contributed by atoms with Gasteiger partial charge in [0.15, 0.2) is 0 Å². The van der Waals surface area contributed by atoms with Crippen LogP contribution in [0.5, 0.6) is 0 Å². The molecule has 148 valence electrons. The molecule has 0 atom stereocenters. The second-order valence-electron chi connectivity index (χ2n) is 5.85. The van der Waals surface area contributed by atoms with Gasteiger partial charge in [0, 0.05) is 21.3 Å². The first-order chi connectivity index (χ1) is 13.8. The van der Waals surface area contributed by atoms with Gasteiger partial charge in [-0.05, 0) is 48.9 Å². The zero-order valence-electron chi connectivity index (χ0n) is 14.9. The molecule has 0 bridgehead atoms. The van der Waals surface area contributed by atoms with Crippen LogP contribution in [0.25, 0.3) is 0 Å². The van der Waals surface area contributed by atoms with Crippen molar-refractivity contribution in [1.29, 1.82) is 0 Å². The van der Waals surface area contributed by atoms with Gasteiger partial charge in [-0.25, -0.2) is 9.97 Å². The maximum absolute atomic E-state index is 12.2. The molecule has 2 aromatic carbocycles. The van der Waals surface area contributed by atoms with Crippen molar-refractivity contribution in [3.8, 4) is 0 Å². The number of nitrogens with zero attached hydrogens (tertiary/aromatic N) is 3. The molecule has 11 heteroatoms. The third-order valence-corrected chi connectivity index (χ3v) is 4.50. The van der Waals surface area contributed by atoms with E-state index in [1.165, 1.54) is 12.1 Å². The summed E-state index contributed by atoms with van der Waals surface area (Å²) in [6.45, 7) is 1.84. The van der Waals surface area contributed by atoms with E-state index in [4.69, 9.17) is 23.2 Å². The molecule has 3 N–H and O–H groups in total. The number of rotatable bonds is 6. The first kappa shape index (κ1) is 20.3. The maximum Gasteiger partial charge on any atom is 0.355 e. The first-order valence-corrected chi connectivity index (χ1v) is 8.95. The fraction of sp³-hybridized carbons (Fsp3) is 0.0556. The van der Waals surface area contributed by atoms with Gasteiger partial charge < -0.3 is 5.32 Å². The van der Waals surface area contributed by atoms with Crippen LogP contribution in [0.2, 0.25) is 10.0 Å². The average Bonchev–Trinajstić information content (AvgIpc) is 2.69. The van der Waals surface area contributed by atoms with E-state index in [2.05, 4.69) is 26.1 Å². The predicted octanol–water partition coefficient (Wildman–Crippen LogP) is 4.50. The molecule has 0 aliphatic heterocycles. The Kier molecular flexibility index (Phi) is 6.10. The molecule has 1 heterocycles. The summed E-state index contributed by atoms with van der Waals surface area (Å²) >= 11 is 11.9. The van der Waals surface area contributed by atoms with Gasteiger partial charge in [-0.1, -0.05) is 29.3 Å². The lowest BCUT2D eigenvalue weighted by Gasteiger charge is -2.11. The van der Waals surface area contributed by atoms with E-state index >= 15 is 0 Å². The molecule has 0 unspecified atom stereocenters. The van der Waals surface area contributed by atoms with Crippen molar-refractivity contribution in [3.63, 3.8) is 0 Å². The van der Waals surface area contributed by atoms with Crippen molar-refractivity contribution in [2.24, 2.45) is 0 Å². The minimum Gasteiger partial charge on any atom is -0.334 e. The van der Waals surface area contributed by atoms with Gasteiger partial charge in [0.2, 0.25) is 11.6 Å². The van der Waals surface area contributed by atoms with Gasteiger partial charge in [-0.3, -0.25) is 25.8 Å². The Bertz CT molecular complexity index is 1080. The fourth-order valence-corrected chi connectivity index (χ4v) is 2.64. The number of aryl methyl sites for hydroxylation is 1. The van der Waals surface area contributed by atoms with Gasteiger partial charge in [0.05, 0.1) is 4.92 Å². The molecule has 0 fully saturated rings. The number of benzene rings is 2. The second-order valence-corrected chi connectivity index (χ2v) is 6.70. The van der Waals surface area contributed by atoms with Crippen LogP contribution in [0.1, 0.15) is 15.9 Å². The number of carbonyl (C=O) groups excluding carboxylic acids is 1. The van der Waals surface area contributed by atoms with E-state index in [1.807, 2.05) is 6.92 Å². The van der Waals surface area contributed by atoms with Crippen molar-refractivity contribution in [2.75, 3.05) is 10.7 Å². The van der Waals surface area contributed by atoms with Gasteiger partial charge >= 0.3 is 5.69 Å². The van der Waals surface area contributed by atoms with Crippen LogP contribution in [0.15, 0.2) is 48.8 Å². The van der Waals surface area contributed by atoms with Crippen molar-refractivity contribution in [1.82, 2.24) is 15.4 Å². The molecule has 0 spiro atoms. The number of amides is 1. The Morgan fingerprint density at radius 1 is 1.07 bits per heavy atom. The van der Waals surface area contributed by atoms with Crippen LogP contribution in [0.3, 0.4) is 0 Å². The highest BCUT2D eigenvalue weighted by Crippen LogP contribution is 2.31. The smallest absolute Gasteiger partial charge is 0.334 e. The lowest BCUT2D eigenvalue weighted by molar-refractivity contribution is -0.383. The van der Waals surface area contributed by atoms with E-state index in [0.717, 1.165) is 11.9 Å². The highest BCUT2D eigenvalue weighted by molar-refractivity contribution is 6.31. The molecule has 3 rings (SSSR count). The lowest BCUT2D eigenvalue weighted by Crippen LogP contribution is -2.30. The number of anilines is 3. The van der Waals surface area contributed by atoms with Crippen LogP contribution in [-0.4, -0.2) is 20.8 Å². The standard InChI is InChI=1S/C18H14Cl2N6O3/c1-10-2-7-13(8-14(10)20)23-16-15(26(28)29)17(22-9-21-16)24-25-18(27)11-3-5-12(19)6-4-11/h2-9H,1H3,(H,25,27)(H2,21,22,23,24). The van der Waals surface area contributed by atoms with E-state index in [1.54, 1.807) is 30.3 Å². The largest absolute Gasteiger partial charge is 0.355 e. The van der Waals surface area contributed by atoms with Crippen molar-refractivity contribution < 1.29 is 9.72 Å². The van der Waals surface area contributed by atoms with Crippen molar-refractivity contribution >= 4 is 52.1 Å². The number of hydrazine groups is 1. The molecule has 3 aromatic rings. The number of carbonyl (C=O) groups is 1. The quantitative estimate of drug-likeness (QED) is 0.386. The summed E-state index contributed by atoms with van der Waals surface area (Å²) in [7, 11) is 0. The average molecular weight is 433 g/mol. The van der Waals surface area contributed by atoms with Crippen LogP contribution >= 0.6 is 23.2 Å². The van der Waals surface area contributed by atoms with Gasteiger partial charge in [-0.15, -0.1) is 0 Å². The minimum absolute atomic E-state index is 0.0619. The lowest BCUT2D eigenvalue weighted by atomic mass is 10.2. The van der Waals surface area contributed by atoms with E-state index in [-0.39, 0.29) is 11.6 Å². The van der Waals surface area contributed by atoms with E-state index in [0.29, 0.717) is 21.3 Å². The Labute approximate surface area is 175 Å². The molecule has 0 saturated carbocycles. The van der Waals surface area contributed by atoms with Crippen LogP contribution in [-0.2, 0) is 0 Å². The second kappa shape index (κ2) is 8.72. The van der Waals surface area contributed by atoms with E-state index in [9.17, 15) is 14.9 Å². The number of nitro groups is 1. The Morgan fingerprint density at radius 2 is 1.76 bits per heavy atom. The third-order valence-electron chi connectivity index (χ3n) is 3.84. The maximum atomic E-state index is 12.2. The molecule has 9 nitrogen and oxygen atoms in total. The van der Waals surface area contributed by atoms with Crippen molar-refractivity contribution in [2.45, 2.75) is 6.92 Å². The topological polar surface area (TPSA) is 122 Å². The predicted molar refractivity (Wildman–Crippen MR) is 111 cm³/mol. The summed E-state index contributed by atoms with van der Waals surface area (Å²) in [5.74, 6) is -0.768. The molecule has 1 amide bonds. The zero-order valence-corrected chi connectivity index (χ0v) is 16.5. The fourth-order valence-electron chi connectivity index (χ4n) is 2.33. The summed E-state index contributed by atoms with van der Waals surface area (Å²) in [5, 5.41) is 15.4. The monoisotopic (exact) mass is 432 g/mol. The molecular weight excluding hydrogens is 419 g/mol. The Hall–Kier alpha value is -3.43. The molecule has 0 saturated heterocycles. The van der Waals surface area contributed by atoms with Crippen molar-refractivity contribution in [3.05, 3.63) is 80.1 Å². The van der Waals surface area contributed by atoms with E-state index < -0.39 is 16.5 Å². The molecular formula is C18H14Cl2N6O3. The zero-order chi connectivity index (χ0) is 21.0. The number of aromatic nitrogens is 2. The number of nitrogens with one attached hydrogen (secondary N) is 3. The first-order valence-electron chi connectivity index (χ1n) is 8.19. The Morgan fingerprint density at radius 3 is 2.41 bits per heavy atom. The number of hydrogen-bond donors (Lipinski definition) is 3. The summed E-state index contributed by atoms with van der Waals surface area (Å²) < 4.78 is 0. The molecule has 1 aromatic heterocycles. The molecule has 29 heavy (non-hydrogen) atoms. The van der Waals surface area contributed by atoms with Gasteiger partial charge in [0.25, 0.3) is 5.91 Å². The van der Waals surface area contributed by atoms with Crippen LogP contribution < -0.4 is 16.2 Å². The van der Waals surface area contributed by atoms with Gasteiger partial charge in [-0.2, -0.15) is 0 Å². The van der Waals surface area contributed by atoms with Crippen LogP contribution in [0, 0.1) is 17.0 Å². The highest BCUT2D eigenvalue weighted by atomic mass is 35.5. The number of hydrogen-bond acceptors (Lipinski definition) is 7.